The molecule has 0 saturated carbocycles. The van der Waals surface area contributed by atoms with Gasteiger partial charge in [0.15, 0.2) is 6.10 Å². The van der Waals surface area contributed by atoms with Crippen molar-refractivity contribution >= 4 is 5.91 Å². The standard InChI is InChI=1S/C15H23NO3/c1-10(2)9-16-15(18)12(4)19-14-8-6-5-7-13(14)11(3)17/h5-8,10-12,17H,9H2,1-4H3,(H,16,18). The van der Waals surface area contributed by atoms with Gasteiger partial charge in [-0.05, 0) is 25.8 Å². The molecule has 106 valence electrons. The fourth-order valence-corrected chi connectivity index (χ4v) is 1.63. The summed E-state index contributed by atoms with van der Waals surface area (Å²) in [4.78, 5) is 11.8. The SMILES string of the molecule is CC(C)CNC(=O)C(C)Oc1ccccc1C(C)O. The highest BCUT2D eigenvalue weighted by molar-refractivity contribution is 5.80. The third-order valence-corrected chi connectivity index (χ3v) is 2.73. The first-order valence-electron chi connectivity index (χ1n) is 6.63. The van der Waals surface area contributed by atoms with E-state index in [0.29, 0.717) is 23.8 Å². The van der Waals surface area contributed by atoms with Crippen LogP contribution in [0.2, 0.25) is 0 Å². The lowest BCUT2D eigenvalue weighted by molar-refractivity contribution is -0.127. The summed E-state index contributed by atoms with van der Waals surface area (Å²) in [6, 6.07) is 7.20. The van der Waals surface area contributed by atoms with Gasteiger partial charge >= 0.3 is 0 Å². The van der Waals surface area contributed by atoms with E-state index in [0.717, 1.165) is 0 Å². The first-order chi connectivity index (χ1) is 8.91. The quantitative estimate of drug-likeness (QED) is 0.829. The van der Waals surface area contributed by atoms with Crippen molar-refractivity contribution in [2.45, 2.75) is 39.9 Å². The van der Waals surface area contributed by atoms with E-state index >= 15 is 0 Å². The zero-order chi connectivity index (χ0) is 14.4. The number of para-hydroxylation sites is 1. The van der Waals surface area contributed by atoms with Gasteiger partial charge in [-0.2, -0.15) is 0 Å². The number of aliphatic hydroxyl groups excluding tert-OH is 1. The Hall–Kier alpha value is -1.55. The minimum atomic E-state index is -0.623. The molecule has 2 unspecified atom stereocenters. The van der Waals surface area contributed by atoms with Crippen LogP contribution < -0.4 is 10.1 Å². The number of ether oxygens (including phenoxy) is 1. The molecule has 2 N–H and O–H groups in total. The number of nitrogens with one attached hydrogen (secondary N) is 1. The predicted molar refractivity (Wildman–Crippen MR) is 75.0 cm³/mol. The zero-order valence-electron chi connectivity index (χ0n) is 12.0. The molecule has 1 amide bonds. The summed E-state index contributed by atoms with van der Waals surface area (Å²) in [6.45, 7) is 8.08. The molecule has 0 fully saturated rings. The molecule has 0 bridgehead atoms. The summed E-state index contributed by atoms with van der Waals surface area (Å²) in [7, 11) is 0. The van der Waals surface area contributed by atoms with Gasteiger partial charge in [0.2, 0.25) is 0 Å². The molecule has 4 heteroatoms. The average Bonchev–Trinajstić information content (AvgIpc) is 2.36. The lowest BCUT2D eigenvalue weighted by Crippen LogP contribution is -2.38. The molecule has 0 heterocycles. The van der Waals surface area contributed by atoms with E-state index in [2.05, 4.69) is 5.32 Å². The molecule has 0 aliphatic rings. The summed E-state index contributed by atoms with van der Waals surface area (Å²) in [6.07, 6.45) is -1.21. The molecular formula is C15H23NO3. The smallest absolute Gasteiger partial charge is 0.260 e. The molecule has 1 rings (SSSR count). The maximum atomic E-state index is 11.8. The van der Waals surface area contributed by atoms with Crippen LogP contribution in [0.15, 0.2) is 24.3 Å². The Morgan fingerprint density at radius 1 is 1.26 bits per heavy atom. The molecule has 0 aliphatic heterocycles. The van der Waals surface area contributed by atoms with Gasteiger partial charge in [0.05, 0.1) is 6.10 Å². The van der Waals surface area contributed by atoms with Crippen LogP contribution >= 0.6 is 0 Å². The van der Waals surface area contributed by atoms with Gasteiger partial charge in [-0.15, -0.1) is 0 Å². The second-order valence-electron chi connectivity index (χ2n) is 5.11. The van der Waals surface area contributed by atoms with Crippen LogP contribution in [0.4, 0.5) is 0 Å². The maximum absolute atomic E-state index is 11.8. The van der Waals surface area contributed by atoms with Crippen molar-refractivity contribution < 1.29 is 14.6 Å². The predicted octanol–water partition coefficient (Wildman–Crippen LogP) is 2.28. The van der Waals surface area contributed by atoms with Crippen molar-refractivity contribution in [2.75, 3.05) is 6.54 Å². The Morgan fingerprint density at radius 2 is 1.89 bits per heavy atom. The summed E-state index contributed by atoms with van der Waals surface area (Å²) < 4.78 is 5.63. The average molecular weight is 265 g/mol. The van der Waals surface area contributed by atoms with E-state index in [1.165, 1.54) is 0 Å². The van der Waals surface area contributed by atoms with E-state index in [4.69, 9.17) is 4.74 Å². The van der Waals surface area contributed by atoms with Crippen LogP contribution in [-0.4, -0.2) is 23.7 Å². The third kappa shape index (κ3) is 4.91. The minimum absolute atomic E-state index is 0.144. The first-order valence-corrected chi connectivity index (χ1v) is 6.63. The highest BCUT2D eigenvalue weighted by Crippen LogP contribution is 2.25. The molecule has 0 radical (unpaired) electrons. The minimum Gasteiger partial charge on any atom is -0.481 e. The van der Waals surface area contributed by atoms with Crippen molar-refractivity contribution in [3.63, 3.8) is 0 Å². The Balaban J connectivity index is 2.66. The summed E-state index contributed by atoms with van der Waals surface area (Å²) in [5.74, 6) is 0.805. The normalized spacial score (nSPS) is 14.0. The fraction of sp³-hybridized carbons (Fsp3) is 0.533. The third-order valence-electron chi connectivity index (χ3n) is 2.73. The first kappa shape index (κ1) is 15.5. The highest BCUT2D eigenvalue weighted by atomic mass is 16.5. The van der Waals surface area contributed by atoms with Gasteiger partial charge in [0.25, 0.3) is 5.91 Å². The van der Waals surface area contributed by atoms with E-state index in [1.54, 1.807) is 26.0 Å². The van der Waals surface area contributed by atoms with Gasteiger partial charge in [-0.3, -0.25) is 4.79 Å². The van der Waals surface area contributed by atoms with Gasteiger partial charge in [0, 0.05) is 12.1 Å². The van der Waals surface area contributed by atoms with E-state index < -0.39 is 12.2 Å². The summed E-state index contributed by atoms with van der Waals surface area (Å²) in [5.41, 5.74) is 0.686. The maximum Gasteiger partial charge on any atom is 0.260 e. The number of aliphatic hydroxyl groups is 1. The molecule has 0 aromatic heterocycles. The van der Waals surface area contributed by atoms with E-state index in [-0.39, 0.29) is 5.91 Å². The zero-order valence-corrected chi connectivity index (χ0v) is 12.0. The Labute approximate surface area is 114 Å². The molecule has 1 aromatic carbocycles. The summed E-state index contributed by atoms with van der Waals surface area (Å²) >= 11 is 0. The summed E-state index contributed by atoms with van der Waals surface area (Å²) in [5, 5.41) is 12.5. The molecule has 0 spiro atoms. The van der Waals surface area contributed by atoms with Crippen LogP contribution in [0.3, 0.4) is 0 Å². The number of amides is 1. The molecule has 0 saturated heterocycles. The van der Waals surface area contributed by atoms with Crippen LogP contribution in [0.1, 0.15) is 39.4 Å². The van der Waals surface area contributed by atoms with E-state index in [1.807, 2.05) is 26.0 Å². The van der Waals surface area contributed by atoms with Gasteiger partial charge in [-0.25, -0.2) is 0 Å². The van der Waals surface area contributed by atoms with Crippen molar-refractivity contribution in [3.8, 4) is 5.75 Å². The lowest BCUT2D eigenvalue weighted by Gasteiger charge is -2.18. The van der Waals surface area contributed by atoms with Gasteiger partial charge < -0.3 is 15.2 Å². The number of rotatable bonds is 6. The van der Waals surface area contributed by atoms with Crippen molar-refractivity contribution in [1.82, 2.24) is 5.32 Å². The number of benzene rings is 1. The van der Waals surface area contributed by atoms with Crippen LogP contribution in [0, 0.1) is 5.92 Å². The highest BCUT2D eigenvalue weighted by Gasteiger charge is 2.17. The molecule has 0 aliphatic carbocycles. The molecule has 2 atom stereocenters. The van der Waals surface area contributed by atoms with Gasteiger partial charge in [0.1, 0.15) is 5.75 Å². The second-order valence-corrected chi connectivity index (χ2v) is 5.11. The molecular weight excluding hydrogens is 242 g/mol. The van der Waals surface area contributed by atoms with Crippen LogP contribution in [0.25, 0.3) is 0 Å². The Morgan fingerprint density at radius 3 is 2.47 bits per heavy atom. The van der Waals surface area contributed by atoms with Crippen molar-refractivity contribution in [1.29, 1.82) is 0 Å². The molecule has 19 heavy (non-hydrogen) atoms. The van der Waals surface area contributed by atoms with Gasteiger partial charge in [-0.1, -0.05) is 32.0 Å². The van der Waals surface area contributed by atoms with Crippen molar-refractivity contribution in [3.05, 3.63) is 29.8 Å². The monoisotopic (exact) mass is 265 g/mol. The Bertz CT molecular complexity index is 416. The number of hydrogen-bond acceptors (Lipinski definition) is 3. The molecule has 1 aromatic rings. The Kier molecular flexibility index (Phi) is 5.83. The second kappa shape index (κ2) is 7.14. The topological polar surface area (TPSA) is 58.6 Å². The van der Waals surface area contributed by atoms with Crippen LogP contribution in [-0.2, 0) is 4.79 Å². The fourth-order valence-electron chi connectivity index (χ4n) is 1.63. The van der Waals surface area contributed by atoms with Crippen LogP contribution in [0.5, 0.6) is 5.75 Å². The number of carbonyl (C=O) groups is 1. The molecule has 4 nitrogen and oxygen atoms in total. The largest absolute Gasteiger partial charge is 0.481 e. The lowest BCUT2D eigenvalue weighted by atomic mass is 10.1. The van der Waals surface area contributed by atoms with Crippen molar-refractivity contribution in [2.24, 2.45) is 5.92 Å². The number of carbonyl (C=O) groups excluding carboxylic acids is 1. The number of hydrogen-bond donors (Lipinski definition) is 2. The van der Waals surface area contributed by atoms with E-state index in [9.17, 15) is 9.90 Å².